The molecule has 0 radical (unpaired) electrons. The Hall–Kier alpha value is 0.421. The van der Waals surface area contributed by atoms with E-state index in [0.717, 1.165) is 25.7 Å². The van der Waals surface area contributed by atoms with Gasteiger partial charge in [0.2, 0.25) is 0 Å². The molecule has 0 N–H and O–H groups in total. The van der Waals surface area contributed by atoms with Crippen molar-refractivity contribution < 1.29 is 19.8 Å². The summed E-state index contributed by atoms with van der Waals surface area (Å²) in [5.74, 6) is -1.80. The normalized spacial score (nSPS) is 10.7. The average molecular weight is 683 g/mol. The Bertz CT molecular complexity index is 480. The van der Waals surface area contributed by atoms with E-state index in [1.807, 2.05) is 0 Å². The first-order valence-corrected chi connectivity index (χ1v) is 18.9. The topological polar surface area (TPSA) is 80.3 Å². The first-order chi connectivity index (χ1) is 20.5. The number of hydrogen-bond donors (Lipinski definition) is 0. The van der Waals surface area contributed by atoms with E-state index in [9.17, 15) is 19.8 Å². The third-order valence-electron chi connectivity index (χ3n) is 8.47. The zero-order chi connectivity index (χ0) is 31.2. The molecule has 0 fully saturated rings. The molecule has 0 aliphatic heterocycles. The average Bonchev–Trinajstić information content (AvgIpc) is 2.97. The third kappa shape index (κ3) is 52.3. The molecule has 252 valence electrons. The van der Waals surface area contributed by atoms with Gasteiger partial charge in [-0.1, -0.05) is 206 Å². The molecule has 0 aromatic heterocycles. The van der Waals surface area contributed by atoms with Crippen LogP contribution in [0.4, 0.5) is 0 Å². The molecule has 0 unspecified atom stereocenters. The molecule has 0 aromatic carbocycles. The van der Waals surface area contributed by atoms with Crippen LogP contribution in [0.1, 0.15) is 232 Å². The van der Waals surface area contributed by atoms with E-state index in [1.54, 1.807) is 0 Å². The van der Waals surface area contributed by atoms with Crippen LogP contribution in [-0.4, -0.2) is 57.4 Å². The van der Waals surface area contributed by atoms with Crippen LogP contribution < -0.4 is 10.2 Å². The van der Waals surface area contributed by atoms with E-state index in [0.29, 0.717) is 0 Å². The second-order valence-electron chi connectivity index (χ2n) is 12.9. The molecule has 0 heterocycles. The van der Waals surface area contributed by atoms with Crippen LogP contribution in [0.15, 0.2) is 0 Å². The van der Waals surface area contributed by atoms with Gasteiger partial charge in [-0.25, -0.2) is 0 Å². The van der Waals surface area contributed by atoms with E-state index in [2.05, 4.69) is 13.8 Å². The minimum Gasteiger partial charge on any atom is -0.550 e. The Labute approximate surface area is 307 Å². The monoisotopic (exact) mass is 682 g/mol. The Morgan fingerprint density at radius 1 is 0.302 bits per heavy atom. The molecule has 4 nitrogen and oxygen atoms in total. The van der Waals surface area contributed by atoms with Crippen molar-refractivity contribution >= 4 is 57.4 Å². The van der Waals surface area contributed by atoms with Gasteiger partial charge >= 0.3 is 45.5 Å². The molecule has 0 amide bonds. The first kappa shape index (κ1) is 47.8. The maximum Gasteiger partial charge on any atom is 2.00 e. The molecule has 0 bridgehead atoms. The fourth-order valence-corrected chi connectivity index (χ4v) is 5.63. The first-order valence-electron chi connectivity index (χ1n) is 18.9. The molecule has 0 aliphatic rings. The predicted molar refractivity (Wildman–Crippen MR) is 184 cm³/mol. The number of unbranched alkanes of at least 4 members (excludes halogenated alkanes) is 30. The minimum absolute atomic E-state index is 0. The van der Waals surface area contributed by atoms with Crippen molar-refractivity contribution in [2.45, 2.75) is 232 Å². The van der Waals surface area contributed by atoms with Gasteiger partial charge < -0.3 is 19.8 Å². The molecule has 0 atom stereocenters. The maximum absolute atomic E-state index is 10.2. The van der Waals surface area contributed by atoms with Crippen molar-refractivity contribution in [2.24, 2.45) is 0 Å². The van der Waals surface area contributed by atoms with Gasteiger partial charge in [-0.2, -0.15) is 0 Å². The van der Waals surface area contributed by atoms with E-state index in [1.165, 1.54) is 180 Å². The van der Waals surface area contributed by atoms with Crippen LogP contribution in [0.2, 0.25) is 0 Å². The summed E-state index contributed by atoms with van der Waals surface area (Å²) in [6, 6.07) is 0. The summed E-state index contributed by atoms with van der Waals surface area (Å²) in [5.41, 5.74) is 0. The van der Waals surface area contributed by atoms with Gasteiger partial charge in [-0.15, -0.1) is 0 Å². The van der Waals surface area contributed by atoms with Gasteiger partial charge in [-0.3, -0.25) is 0 Å². The van der Waals surface area contributed by atoms with Crippen LogP contribution in [0.3, 0.4) is 0 Å². The Morgan fingerprint density at radius 2 is 0.442 bits per heavy atom. The standard InChI is InChI=1S/2C19H38O2.Sr/c2*1-2-3-4-5-6-7-8-9-10-11-12-13-14-15-16-17-18-19(20)21;/h2*2-18H2,1H3,(H,20,21);/q;;+2/p-2. The molecule has 0 aromatic rings. The van der Waals surface area contributed by atoms with Crippen LogP contribution >= 0.6 is 0 Å². The number of aliphatic carboxylic acids is 2. The number of carboxylic acids is 2. The van der Waals surface area contributed by atoms with Crippen LogP contribution in [0.25, 0.3) is 0 Å². The van der Waals surface area contributed by atoms with E-state index in [4.69, 9.17) is 0 Å². The van der Waals surface area contributed by atoms with Crippen molar-refractivity contribution in [3.63, 3.8) is 0 Å². The molecular formula is C38H74O4Sr. The predicted octanol–water partition coefficient (Wildman–Crippen LogP) is 10.4. The van der Waals surface area contributed by atoms with Crippen LogP contribution in [-0.2, 0) is 9.59 Å². The molecule has 0 saturated heterocycles. The van der Waals surface area contributed by atoms with Crippen LogP contribution in [0.5, 0.6) is 0 Å². The summed E-state index contributed by atoms with van der Waals surface area (Å²) in [6.07, 6.45) is 42.7. The summed E-state index contributed by atoms with van der Waals surface area (Å²) in [4.78, 5) is 20.5. The Morgan fingerprint density at radius 3 is 0.581 bits per heavy atom. The van der Waals surface area contributed by atoms with Gasteiger partial charge in [0.25, 0.3) is 0 Å². The smallest absolute Gasteiger partial charge is 0.550 e. The quantitative estimate of drug-likeness (QED) is 0.0500. The molecule has 43 heavy (non-hydrogen) atoms. The number of hydrogen-bond acceptors (Lipinski definition) is 4. The van der Waals surface area contributed by atoms with Gasteiger partial charge in [0.15, 0.2) is 0 Å². The fraction of sp³-hybridized carbons (Fsp3) is 0.947. The van der Waals surface area contributed by atoms with Gasteiger partial charge in [-0.05, 0) is 25.7 Å². The molecule has 0 aliphatic carbocycles. The zero-order valence-corrected chi connectivity index (χ0v) is 32.9. The van der Waals surface area contributed by atoms with E-state index in [-0.39, 0.29) is 58.3 Å². The summed E-state index contributed by atoms with van der Waals surface area (Å²) >= 11 is 0. The van der Waals surface area contributed by atoms with Crippen molar-refractivity contribution in [3.8, 4) is 0 Å². The van der Waals surface area contributed by atoms with Crippen molar-refractivity contribution in [2.75, 3.05) is 0 Å². The second kappa shape index (κ2) is 44.5. The largest absolute Gasteiger partial charge is 2.00 e. The Balaban J connectivity index is -0.000000727. The maximum atomic E-state index is 10.2. The van der Waals surface area contributed by atoms with Crippen LogP contribution in [0, 0.1) is 0 Å². The zero-order valence-electron chi connectivity index (χ0n) is 29.4. The fourth-order valence-electron chi connectivity index (χ4n) is 5.63. The molecule has 0 rings (SSSR count). The van der Waals surface area contributed by atoms with Crippen molar-refractivity contribution in [1.82, 2.24) is 0 Å². The summed E-state index contributed by atoms with van der Waals surface area (Å²) in [6.45, 7) is 4.54. The molecular weight excluding hydrogens is 608 g/mol. The van der Waals surface area contributed by atoms with Gasteiger partial charge in [0.05, 0.1) is 0 Å². The molecule has 5 heteroatoms. The summed E-state index contributed by atoms with van der Waals surface area (Å²) in [5, 5.41) is 20.5. The minimum atomic E-state index is -0.902. The van der Waals surface area contributed by atoms with Gasteiger partial charge in [0, 0.05) is 11.9 Å². The van der Waals surface area contributed by atoms with E-state index >= 15 is 0 Å². The molecule has 0 spiro atoms. The number of rotatable bonds is 34. The van der Waals surface area contributed by atoms with Crippen molar-refractivity contribution in [1.29, 1.82) is 0 Å². The van der Waals surface area contributed by atoms with Gasteiger partial charge in [0.1, 0.15) is 0 Å². The molecule has 0 saturated carbocycles. The van der Waals surface area contributed by atoms with Crippen molar-refractivity contribution in [3.05, 3.63) is 0 Å². The third-order valence-corrected chi connectivity index (χ3v) is 8.47. The van der Waals surface area contributed by atoms with E-state index < -0.39 is 11.9 Å². The summed E-state index contributed by atoms with van der Waals surface area (Å²) < 4.78 is 0. The number of carboxylic acid groups (broad SMARTS) is 2. The number of carbonyl (C=O) groups is 2. The SMILES string of the molecule is CCCCCCCCCCCCCCCCCCC(=O)[O-].CCCCCCCCCCCCCCCCCCC(=O)[O-].[Sr+2]. The second-order valence-corrected chi connectivity index (χ2v) is 12.9. The Kier molecular flexibility index (Phi) is 49.5. The number of carbonyl (C=O) groups excluding carboxylic acids is 2. The summed E-state index contributed by atoms with van der Waals surface area (Å²) in [7, 11) is 0.